The fourth-order valence-electron chi connectivity index (χ4n) is 4.59. The van der Waals surface area contributed by atoms with Gasteiger partial charge in [-0.2, -0.15) is 0 Å². The van der Waals surface area contributed by atoms with Crippen molar-refractivity contribution in [2.24, 2.45) is 0 Å². The van der Waals surface area contributed by atoms with Crippen LogP contribution < -0.4 is 0 Å². The van der Waals surface area contributed by atoms with Crippen molar-refractivity contribution in [2.45, 2.75) is 38.3 Å². The number of nitro benzene ring substituents is 1. The van der Waals surface area contributed by atoms with Gasteiger partial charge >= 0.3 is 0 Å². The van der Waals surface area contributed by atoms with Crippen molar-refractivity contribution in [2.75, 3.05) is 21.1 Å². The van der Waals surface area contributed by atoms with Crippen LogP contribution in [0.15, 0.2) is 66.7 Å². The number of rotatable bonds is 6. The lowest BCUT2D eigenvalue weighted by molar-refractivity contribution is -0.384. The van der Waals surface area contributed by atoms with Gasteiger partial charge in [0, 0.05) is 36.8 Å². The van der Waals surface area contributed by atoms with E-state index < -0.39 is 4.92 Å². The van der Waals surface area contributed by atoms with Crippen molar-refractivity contribution in [1.29, 1.82) is 0 Å². The summed E-state index contributed by atoms with van der Waals surface area (Å²) in [5.41, 5.74) is 6.58. The molecule has 0 heterocycles. The molecule has 1 aliphatic carbocycles. The largest absolute Gasteiger partial charge is 0.338 e. The Bertz CT molecular complexity index is 1190. The molecule has 0 aliphatic heterocycles. The summed E-state index contributed by atoms with van der Waals surface area (Å²) in [7, 11) is 6.09. The van der Waals surface area contributed by atoms with Gasteiger partial charge in [-0.3, -0.25) is 14.9 Å². The summed E-state index contributed by atoms with van der Waals surface area (Å²) in [5.74, 6) is 0.0153. The number of nitro groups is 1. The zero-order chi connectivity index (χ0) is 24.4. The van der Waals surface area contributed by atoms with Crippen LogP contribution in [0.3, 0.4) is 0 Å². The molecular weight excluding hydrogens is 426 g/mol. The zero-order valence-corrected chi connectivity index (χ0v) is 20.2. The second-order valence-electron chi connectivity index (χ2n) is 9.36. The van der Waals surface area contributed by atoms with Crippen molar-refractivity contribution in [3.05, 3.63) is 99.1 Å². The number of carbonyl (C=O) groups is 1. The van der Waals surface area contributed by atoms with Crippen molar-refractivity contribution >= 4 is 11.6 Å². The molecule has 0 saturated heterocycles. The first-order valence-corrected chi connectivity index (χ1v) is 11.6. The van der Waals surface area contributed by atoms with Gasteiger partial charge in [0.05, 0.1) is 4.92 Å². The van der Waals surface area contributed by atoms with Crippen molar-refractivity contribution in [1.82, 2.24) is 9.80 Å². The molecule has 3 aromatic carbocycles. The molecule has 0 saturated carbocycles. The number of nitrogens with zero attached hydrogens (tertiary/aromatic N) is 3. The van der Waals surface area contributed by atoms with Crippen LogP contribution in [0.25, 0.3) is 11.1 Å². The van der Waals surface area contributed by atoms with E-state index in [1.165, 1.54) is 28.8 Å². The zero-order valence-electron chi connectivity index (χ0n) is 20.2. The normalized spacial score (nSPS) is 16.1. The monoisotopic (exact) mass is 457 g/mol. The Labute approximate surface area is 201 Å². The summed E-state index contributed by atoms with van der Waals surface area (Å²) in [6.07, 6.45) is 2.80. The Hall–Kier alpha value is -3.51. The highest BCUT2D eigenvalue weighted by Gasteiger charge is 2.26. The predicted octanol–water partition coefficient (Wildman–Crippen LogP) is 5.51. The Kier molecular flexibility index (Phi) is 6.80. The quantitative estimate of drug-likeness (QED) is 0.361. The van der Waals surface area contributed by atoms with Crippen LogP contribution in [-0.4, -0.2) is 47.8 Å². The number of likely N-dealkylation sites (N-methyl/N-ethyl adjacent to an activating group) is 1. The number of amides is 1. The van der Waals surface area contributed by atoms with E-state index in [9.17, 15) is 14.9 Å². The van der Waals surface area contributed by atoms with Gasteiger partial charge in [0.15, 0.2) is 0 Å². The lowest BCUT2D eigenvalue weighted by Gasteiger charge is -2.33. The molecule has 34 heavy (non-hydrogen) atoms. The maximum atomic E-state index is 13.2. The summed E-state index contributed by atoms with van der Waals surface area (Å²) in [6, 6.07) is 21.2. The minimum absolute atomic E-state index is 0.0153. The van der Waals surface area contributed by atoms with Gasteiger partial charge in [0.25, 0.3) is 11.6 Å². The maximum absolute atomic E-state index is 13.2. The van der Waals surface area contributed by atoms with Gasteiger partial charge in [-0.1, -0.05) is 30.3 Å². The van der Waals surface area contributed by atoms with E-state index in [1.807, 2.05) is 36.2 Å². The molecule has 0 aromatic heterocycles. The van der Waals surface area contributed by atoms with Crippen LogP contribution >= 0.6 is 0 Å². The smallest absolute Gasteiger partial charge is 0.269 e. The highest BCUT2D eigenvalue weighted by Crippen LogP contribution is 2.29. The fraction of sp³-hybridized carbons (Fsp3) is 0.321. The number of benzene rings is 3. The predicted molar refractivity (Wildman–Crippen MR) is 135 cm³/mol. The molecule has 2 atom stereocenters. The number of fused-ring (bicyclic) bond motifs is 1. The molecule has 0 bridgehead atoms. The Balaban J connectivity index is 1.44. The van der Waals surface area contributed by atoms with E-state index in [1.54, 1.807) is 12.1 Å². The van der Waals surface area contributed by atoms with E-state index >= 15 is 0 Å². The van der Waals surface area contributed by atoms with Crippen LogP contribution in [0.2, 0.25) is 0 Å². The molecule has 3 aromatic rings. The van der Waals surface area contributed by atoms with E-state index in [-0.39, 0.29) is 17.6 Å². The van der Waals surface area contributed by atoms with Gasteiger partial charge in [-0.15, -0.1) is 0 Å². The highest BCUT2D eigenvalue weighted by atomic mass is 16.6. The third-order valence-electron chi connectivity index (χ3n) is 7.10. The van der Waals surface area contributed by atoms with E-state index in [4.69, 9.17) is 0 Å². The molecule has 2 unspecified atom stereocenters. The first-order valence-electron chi connectivity index (χ1n) is 11.6. The van der Waals surface area contributed by atoms with E-state index in [2.05, 4.69) is 44.1 Å². The first kappa shape index (κ1) is 23.6. The maximum Gasteiger partial charge on any atom is 0.269 e. The SMILES string of the molecule is CC(c1ccc2c(c1)CCC(N(C)C(=O)c1ccc(-c3ccc([N+](=O)[O-])cc3)cc1)C2)N(C)C. The Morgan fingerprint density at radius 2 is 1.56 bits per heavy atom. The third-order valence-corrected chi connectivity index (χ3v) is 7.10. The third kappa shape index (κ3) is 4.87. The summed E-state index contributed by atoms with van der Waals surface area (Å²) < 4.78 is 0. The second kappa shape index (κ2) is 9.77. The van der Waals surface area contributed by atoms with Crippen LogP contribution in [0, 0.1) is 10.1 Å². The van der Waals surface area contributed by atoms with Crippen LogP contribution in [0.4, 0.5) is 5.69 Å². The Morgan fingerprint density at radius 1 is 0.941 bits per heavy atom. The summed E-state index contributed by atoms with van der Waals surface area (Å²) in [6.45, 7) is 2.21. The van der Waals surface area contributed by atoms with Gasteiger partial charge in [0.2, 0.25) is 0 Å². The highest BCUT2D eigenvalue weighted by molar-refractivity contribution is 5.94. The lowest BCUT2D eigenvalue weighted by Crippen LogP contribution is -2.40. The van der Waals surface area contributed by atoms with Crippen molar-refractivity contribution < 1.29 is 9.72 Å². The molecule has 176 valence electrons. The molecule has 1 amide bonds. The van der Waals surface area contributed by atoms with Gasteiger partial charge in [-0.05, 0) is 92.4 Å². The van der Waals surface area contributed by atoms with Gasteiger partial charge in [0.1, 0.15) is 0 Å². The molecule has 1 aliphatic rings. The number of aryl methyl sites for hydroxylation is 1. The van der Waals surface area contributed by atoms with E-state index in [0.717, 1.165) is 30.4 Å². The van der Waals surface area contributed by atoms with Crippen molar-refractivity contribution in [3.63, 3.8) is 0 Å². The average Bonchev–Trinajstić information content (AvgIpc) is 2.86. The number of carbonyl (C=O) groups excluding carboxylic acids is 1. The van der Waals surface area contributed by atoms with Gasteiger partial charge < -0.3 is 9.80 Å². The molecule has 6 heteroatoms. The standard InChI is InChI=1S/C28H31N3O3/c1-19(29(2)3)23-9-10-25-18-27(16-13-24(25)17-23)30(4)28(32)22-7-5-20(6-8-22)21-11-14-26(15-12-21)31(33)34/h5-12,14-15,17,19,27H,13,16,18H2,1-4H3. The number of hydrogen-bond donors (Lipinski definition) is 0. The average molecular weight is 458 g/mol. The summed E-state index contributed by atoms with van der Waals surface area (Å²) >= 11 is 0. The van der Waals surface area contributed by atoms with Gasteiger partial charge in [-0.25, -0.2) is 0 Å². The summed E-state index contributed by atoms with van der Waals surface area (Å²) in [4.78, 5) is 27.7. The van der Waals surface area contributed by atoms with Crippen LogP contribution in [-0.2, 0) is 12.8 Å². The molecule has 0 fully saturated rings. The number of hydrogen-bond acceptors (Lipinski definition) is 4. The fourth-order valence-corrected chi connectivity index (χ4v) is 4.59. The molecule has 0 radical (unpaired) electrons. The molecule has 0 spiro atoms. The number of non-ortho nitro benzene ring substituents is 1. The van der Waals surface area contributed by atoms with E-state index in [0.29, 0.717) is 11.6 Å². The molecule has 4 rings (SSSR count). The topological polar surface area (TPSA) is 66.7 Å². The van der Waals surface area contributed by atoms with Crippen molar-refractivity contribution in [3.8, 4) is 11.1 Å². The molecular formula is C28H31N3O3. The summed E-state index contributed by atoms with van der Waals surface area (Å²) in [5, 5.41) is 10.9. The second-order valence-corrected chi connectivity index (χ2v) is 9.36. The first-order chi connectivity index (χ1) is 16.2. The van der Waals surface area contributed by atoms with Crippen LogP contribution in [0.5, 0.6) is 0 Å². The lowest BCUT2D eigenvalue weighted by atomic mass is 9.85. The van der Waals surface area contributed by atoms with Crippen LogP contribution in [0.1, 0.15) is 46.4 Å². The minimum Gasteiger partial charge on any atom is -0.338 e. The minimum atomic E-state index is -0.408. The molecule has 6 nitrogen and oxygen atoms in total. The molecule has 0 N–H and O–H groups in total. The Morgan fingerprint density at radius 3 is 2.15 bits per heavy atom.